The Morgan fingerprint density at radius 2 is 0.692 bits per heavy atom. The van der Waals surface area contributed by atoms with Crippen LogP contribution < -0.4 is 53.2 Å². The second-order valence-corrected chi connectivity index (χ2v) is 23.9. The molecule has 10 amide bonds. The van der Waals surface area contributed by atoms with Gasteiger partial charge in [0.15, 0.2) is 0 Å². The number of nitrogens with one attached hydrogen (secondary N) is 10. The number of hydrogen-bond donors (Lipinski definition) is 19. The van der Waals surface area contributed by atoms with Crippen molar-refractivity contribution in [3.8, 4) is 0 Å². The first-order chi connectivity index (χ1) is 49.2. The number of carboxylic acids is 9. The molecule has 0 fully saturated rings. The van der Waals surface area contributed by atoms with E-state index < -0.39 is 202 Å². The zero-order valence-electron chi connectivity index (χ0n) is 55.8. The van der Waals surface area contributed by atoms with Crippen molar-refractivity contribution in [1.29, 1.82) is 0 Å². The highest BCUT2D eigenvalue weighted by atomic mass is 19.1. The van der Waals surface area contributed by atoms with Crippen molar-refractivity contribution in [2.45, 2.75) is 177 Å². The van der Waals surface area contributed by atoms with Gasteiger partial charge in [-0.3, -0.25) is 42.6 Å². The molecule has 19 N–H and O–H groups in total. The SMILES string of the molecule is O=C(O)CCC(NC(=O)N[C@@H](Cc1ccc(NC(=O)CCC(CCC(=O)Nc2ccc(CC(NC(=O)N[C@@H](CCC(=O)O)C(=O)O)C(=O)O)cc2)(CCC(=O)Nc2ccc(C[C@H](NC(=O)N[C@@H](CCC(=O)O)C(=O)O)C(=O)O)cc2)NC(=O)CCCCn2cc(CCCF)nn2)cc1)C(=O)O)C(=O)O. The van der Waals surface area contributed by atoms with Crippen LogP contribution in [0.25, 0.3) is 0 Å². The number of aromatic nitrogens is 3. The molecule has 1 heterocycles. The van der Waals surface area contributed by atoms with Crippen molar-refractivity contribution in [1.82, 2.24) is 52.2 Å². The summed E-state index contributed by atoms with van der Waals surface area (Å²) in [6.07, 6.45) is -3.58. The second kappa shape index (κ2) is 42.7. The van der Waals surface area contributed by atoms with E-state index in [-0.39, 0.29) is 74.8 Å². The molecule has 4 aromatic rings. The van der Waals surface area contributed by atoms with Gasteiger partial charge in [-0.1, -0.05) is 41.6 Å². The average Bonchev–Trinajstić information content (AvgIpc) is 1.77. The highest BCUT2D eigenvalue weighted by molar-refractivity contribution is 5.94. The molecule has 0 spiro atoms. The summed E-state index contributed by atoms with van der Waals surface area (Å²) in [4.78, 5) is 199. The van der Waals surface area contributed by atoms with Gasteiger partial charge in [0.05, 0.1) is 12.4 Å². The minimum atomic E-state index is -1.66. The van der Waals surface area contributed by atoms with E-state index in [1.165, 1.54) is 77.5 Å². The summed E-state index contributed by atoms with van der Waals surface area (Å²) < 4.78 is 14.4. The van der Waals surface area contributed by atoms with Crippen molar-refractivity contribution in [3.63, 3.8) is 0 Å². The molecule has 7 atom stereocenters. The molecular formula is C65H82FN13O25. The van der Waals surface area contributed by atoms with Crippen molar-refractivity contribution in [3.05, 3.63) is 101 Å². The van der Waals surface area contributed by atoms with Gasteiger partial charge in [0.25, 0.3) is 0 Å². The van der Waals surface area contributed by atoms with Crippen LogP contribution in [0.15, 0.2) is 79.0 Å². The molecule has 4 rings (SSSR count). The van der Waals surface area contributed by atoms with Crippen molar-refractivity contribution >= 4 is 113 Å². The number of aryl methyl sites for hydroxylation is 2. The highest BCUT2D eigenvalue weighted by Gasteiger charge is 2.35. The zero-order valence-corrected chi connectivity index (χ0v) is 55.8. The van der Waals surface area contributed by atoms with Crippen LogP contribution in [-0.4, -0.2) is 205 Å². The van der Waals surface area contributed by atoms with Gasteiger partial charge in [0.2, 0.25) is 23.6 Å². The number of hydrogen-bond acceptors (Lipinski definition) is 18. The molecule has 0 aliphatic carbocycles. The summed E-state index contributed by atoms with van der Waals surface area (Å²) in [5.74, 6) is -15.8. The maximum atomic E-state index is 14.2. The lowest BCUT2D eigenvalue weighted by molar-refractivity contribution is -0.142. The zero-order chi connectivity index (χ0) is 77.1. The number of carboxylic acid groups (broad SMARTS) is 9. The Morgan fingerprint density at radius 1 is 0.385 bits per heavy atom. The van der Waals surface area contributed by atoms with Crippen LogP contribution in [0.5, 0.6) is 0 Å². The minimum Gasteiger partial charge on any atom is -0.481 e. The van der Waals surface area contributed by atoms with Gasteiger partial charge in [-0.2, -0.15) is 0 Å². The maximum Gasteiger partial charge on any atom is 0.326 e. The Morgan fingerprint density at radius 3 is 0.981 bits per heavy atom. The number of carbonyl (C=O) groups is 16. The van der Waals surface area contributed by atoms with Crippen LogP contribution in [0.3, 0.4) is 0 Å². The third kappa shape index (κ3) is 32.3. The lowest BCUT2D eigenvalue weighted by Crippen LogP contribution is -2.51. The number of unbranched alkanes of at least 4 members (excludes halogenated alkanes) is 1. The molecule has 3 aromatic carbocycles. The van der Waals surface area contributed by atoms with E-state index >= 15 is 0 Å². The summed E-state index contributed by atoms with van der Waals surface area (Å²) in [6, 6.07) is 3.35. The van der Waals surface area contributed by atoms with Crippen LogP contribution in [-0.2, 0) is 94.6 Å². The maximum absolute atomic E-state index is 14.2. The number of halogens is 1. The third-order valence-corrected chi connectivity index (χ3v) is 15.7. The third-order valence-electron chi connectivity index (χ3n) is 15.7. The number of rotatable bonds is 48. The fourth-order valence-electron chi connectivity index (χ4n) is 10.1. The van der Waals surface area contributed by atoms with Crippen LogP contribution >= 0.6 is 0 Å². The standard InChI is InChI=1S/C65H82FN13O25/c66-30-3-4-42-35-79(78-77-42)31-2-1-5-52(83)76-65(27-24-49(80)67-39-12-6-36(7-13-39)32-46(59(96)97)73-62(102)70-43(56(90)91)18-21-53(84)85,28-25-50(81)68-40-14-8-37(9-15-40)33-47(60(98)99)74-63(103)71-44(57(92)93)19-22-54(86)87)29-26-51(82)69-41-16-10-38(11-17-41)34-48(61(100)101)75-64(104)72-45(58(94)95)20-23-55(88)89/h6-17,35,43-48H,1-5,18-34H2,(H,67,80)(H,68,81)(H,69,82)(H,76,83)(H,84,85)(H,86,87)(H,88,89)(H,90,91)(H,92,93)(H,94,95)(H,96,97)(H,98,99)(H,100,101)(H2,70,73,102)(H2,71,74,103)(H2,72,75,104)/t43-,44-,45?,46-,47?,48-,65?/m0/s1. The van der Waals surface area contributed by atoms with Crippen LogP contribution in [0.2, 0.25) is 0 Å². The second-order valence-electron chi connectivity index (χ2n) is 23.9. The largest absolute Gasteiger partial charge is 0.481 e. The molecule has 38 nitrogen and oxygen atoms in total. The molecule has 564 valence electrons. The van der Waals surface area contributed by atoms with E-state index in [1.807, 2.05) is 16.0 Å². The molecule has 0 aliphatic heterocycles. The number of alkyl halides is 1. The number of carbonyl (C=O) groups excluding carboxylic acids is 7. The summed E-state index contributed by atoms with van der Waals surface area (Å²) >= 11 is 0. The Balaban J connectivity index is 1.61. The van der Waals surface area contributed by atoms with Crippen molar-refractivity contribution in [2.24, 2.45) is 0 Å². The van der Waals surface area contributed by atoms with Crippen molar-refractivity contribution in [2.75, 3.05) is 22.6 Å². The molecule has 3 unspecified atom stereocenters. The summed E-state index contributed by atoms with van der Waals surface area (Å²) in [6.45, 7) is -0.242. The van der Waals surface area contributed by atoms with Gasteiger partial charge in [-0.15, -0.1) is 5.10 Å². The molecule has 0 bridgehead atoms. The topological polar surface area (TPSA) is 606 Å². The summed E-state index contributed by atoms with van der Waals surface area (Å²) in [5.41, 5.74) is 0.427. The first-order valence-electron chi connectivity index (χ1n) is 32.4. The van der Waals surface area contributed by atoms with E-state index in [9.17, 15) is 112 Å². The number of amides is 10. The van der Waals surface area contributed by atoms with Crippen LogP contribution in [0.4, 0.5) is 35.8 Å². The first kappa shape index (κ1) is 84.1. The lowest BCUT2D eigenvalue weighted by atomic mass is 9.82. The smallest absolute Gasteiger partial charge is 0.326 e. The monoisotopic (exact) mass is 1460 g/mol. The van der Waals surface area contributed by atoms with Gasteiger partial charge < -0.3 is 99.1 Å². The fourth-order valence-corrected chi connectivity index (χ4v) is 10.1. The highest BCUT2D eigenvalue weighted by Crippen LogP contribution is 2.29. The summed E-state index contributed by atoms with van der Waals surface area (Å²) in [7, 11) is 0. The molecule has 104 heavy (non-hydrogen) atoms. The van der Waals surface area contributed by atoms with Crippen LogP contribution in [0, 0.1) is 0 Å². The number of nitrogens with zero attached hydrogens (tertiary/aromatic N) is 3. The van der Waals surface area contributed by atoms with E-state index in [2.05, 4.69) is 47.5 Å². The Kier molecular flexibility index (Phi) is 34.5. The fraction of sp³-hybridized carbons (Fsp3) is 0.446. The quantitative estimate of drug-likeness (QED) is 0.0282. The van der Waals surface area contributed by atoms with E-state index in [0.717, 1.165) is 0 Å². The van der Waals surface area contributed by atoms with Gasteiger partial charge >= 0.3 is 71.8 Å². The summed E-state index contributed by atoms with van der Waals surface area (Å²) in [5, 5.41) is 117. The van der Waals surface area contributed by atoms with Crippen LogP contribution in [0.1, 0.15) is 125 Å². The molecular weight excluding hydrogens is 1380 g/mol. The Hall–Kier alpha value is -12.3. The van der Waals surface area contributed by atoms with Crippen molar-refractivity contribution < 1.29 is 127 Å². The predicted molar refractivity (Wildman–Crippen MR) is 357 cm³/mol. The van der Waals surface area contributed by atoms with Gasteiger partial charge in [-0.05, 0) is 117 Å². The van der Waals surface area contributed by atoms with E-state index in [1.54, 1.807) is 6.20 Å². The van der Waals surface area contributed by atoms with E-state index in [4.69, 9.17) is 15.3 Å². The molecule has 1 aromatic heterocycles. The predicted octanol–water partition coefficient (Wildman–Crippen LogP) is 2.30. The number of aliphatic carboxylic acids is 9. The molecule has 0 saturated heterocycles. The number of urea groups is 3. The number of benzene rings is 3. The van der Waals surface area contributed by atoms with Gasteiger partial charge in [0.1, 0.15) is 36.3 Å². The first-order valence-corrected chi connectivity index (χ1v) is 32.4. The minimum absolute atomic E-state index is 0.128. The molecule has 39 heteroatoms. The Labute approximate surface area is 590 Å². The van der Waals surface area contributed by atoms with Gasteiger partial charge in [0, 0.05) is 99.6 Å². The molecule has 0 saturated carbocycles. The van der Waals surface area contributed by atoms with E-state index in [0.29, 0.717) is 41.8 Å². The average molecular weight is 1460 g/mol. The normalized spacial score (nSPS) is 13.2. The molecule has 0 aliphatic rings. The molecule has 0 radical (unpaired) electrons. The number of anilines is 3. The Bertz CT molecular complexity index is 3370. The van der Waals surface area contributed by atoms with Gasteiger partial charge in [-0.25, -0.2) is 43.2 Å². The lowest BCUT2D eigenvalue weighted by Gasteiger charge is -2.35.